The van der Waals surface area contributed by atoms with Crippen LogP contribution in [0.1, 0.15) is 25.7 Å². The van der Waals surface area contributed by atoms with Crippen LogP contribution in [0.15, 0.2) is 17.0 Å². The van der Waals surface area contributed by atoms with Gasteiger partial charge in [-0.25, -0.2) is 9.97 Å². The third kappa shape index (κ3) is 2.88. The molecule has 0 bridgehead atoms. The molecule has 3 nitrogen and oxygen atoms in total. The second kappa shape index (κ2) is 5.87. The molecule has 1 N–H and O–H groups in total. The van der Waals surface area contributed by atoms with Crippen molar-refractivity contribution in [2.75, 3.05) is 11.6 Å². The fourth-order valence-electron chi connectivity index (χ4n) is 2.14. The lowest BCUT2D eigenvalue weighted by Crippen LogP contribution is -2.34. The van der Waals surface area contributed by atoms with E-state index in [1.54, 1.807) is 12.5 Å². The van der Waals surface area contributed by atoms with Crippen LogP contribution in [0.3, 0.4) is 0 Å². The third-order valence-corrected chi connectivity index (χ3v) is 4.75. The van der Waals surface area contributed by atoms with Crippen molar-refractivity contribution in [1.82, 2.24) is 9.97 Å². The molecule has 16 heavy (non-hydrogen) atoms. The van der Waals surface area contributed by atoms with Crippen molar-refractivity contribution in [1.29, 1.82) is 0 Å². The normalized spacial score (nSPS) is 25.4. The minimum absolute atomic E-state index is 0.537. The molecule has 0 spiro atoms. The van der Waals surface area contributed by atoms with E-state index in [-0.39, 0.29) is 0 Å². The molecule has 5 heteroatoms. The zero-order valence-electron chi connectivity index (χ0n) is 9.32. The molecule has 1 aliphatic carbocycles. The van der Waals surface area contributed by atoms with Crippen molar-refractivity contribution in [3.8, 4) is 0 Å². The highest BCUT2D eigenvalue weighted by molar-refractivity contribution is 9.10. The number of halogens is 1. The van der Waals surface area contributed by atoms with Gasteiger partial charge in [0.15, 0.2) is 0 Å². The highest BCUT2D eigenvalue weighted by Crippen LogP contribution is 2.30. The summed E-state index contributed by atoms with van der Waals surface area (Å²) in [6.07, 6.45) is 10.8. The number of anilines is 1. The van der Waals surface area contributed by atoms with Gasteiger partial charge in [0.25, 0.3) is 0 Å². The smallest absolute Gasteiger partial charge is 0.143 e. The molecule has 1 fully saturated rings. The van der Waals surface area contributed by atoms with E-state index in [4.69, 9.17) is 0 Å². The Bertz CT molecular complexity index is 348. The largest absolute Gasteiger partial charge is 0.365 e. The summed E-state index contributed by atoms with van der Waals surface area (Å²) in [5.74, 6) is 0.918. The zero-order valence-corrected chi connectivity index (χ0v) is 11.7. The van der Waals surface area contributed by atoms with Crippen molar-refractivity contribution in [3.63, 3.8) is 0 Å². The van der Waals surface area contributed by atoms with Crippen molar-refractivity contribution < 1.29 is 0 Å². The monoisotopic (exact) mass is 301 g/mol. The Morgan fingerprint density at radius 3 is 3.00 bits per heavy atom. The summed E-state index contributed by atoms with van der Waals surface area (Å²) in [4.78, 5) is 8.24. The molecule has 0 amide bonds. The number of nitrogens with zero attached hydrogens (tertiary/aromatic N) is 2. The summed E-state index contributed by atoms with van der Waals surface area (Å²) < 4.78 is 0.945. The fraction of sp³-hybridized carbons (Fsp3) is 0.636. The highest BCUT2D eigenvalue weighted by atomic mass is 79.9. The maximum absolute atomic E-state index is 4.26. The van der Waals surface area contributed by atoms with Gasteiger partial charge in [0.1, 0.15) is 12.1 Å². The summed E-state index contributed by atoms with van der Waals surface area (Å²) in [7, 11) is 0. The topological polar surface area (TPSA) is 37.8 Å². The van der Waals surface area contributed by atoms with Gasteiger partial charge < -0.3 is 5.32 Å². The van der Waals surface area contributed by atoms with Crippen LogP contribution >= 0.6 is 27.7 Å². The summed E-state index contributed by atoms with van der Waals surface area (Å²) in [5.41, 5.74) is 0. The van der Waals surface area contributed by atoms with Crippen molar-refractivity contribution >= 4 is 33.5 Å². The lowest BCUT2D eigenvalue weighted by atomic mass is 9.95. The molecule has 2 unspecified atom stereocenters. The summed E-state index contributed by atoms with van der Waals surface area (Å²) in [6, 6.07) is 0.537. The molecule has 0 radical (unpaired) electrons. The van der Waals surface area contributed by atoms with E-state index < -0.39 is 0 Å². The average Bonchev–Trinajstić information content (AvgIpc) is 2.33. The first-order valence-electron chi connectivity index (χ1n) is 5.56. The first kappa shape index (κ1) is 12.2. The average molecular weight is 302 g/mol. The predicted octanol–water partition coefficient (Wildman–Crippen LogP) is 3.33. The molecular weight excluding hydrogens is 286 g/mol. The van der Waals surface area contributed by atoms with Gasteiger partial charge in [-0.2, -0.15) is 11.8 Å². The lowest BCUT2D eigenvalue weighted by Gasteiger charge is -2.31. The summed E-state index contributed by atoms with van der Waals surface area (Å²) in [5, 5.41) is 4.24. The quantitative estimate of drug-likeness (QED) is 0.929. The zero-order chi connectivity index (χ0) is 11.4. The van der Waals surface area contributed by atoms with Gasteiger partial charge in [0.2, 0.25) is 0 Å². The van der Waals surface area contributed by atoms with Gasteiger partial charge in [0.05, 0.1) is 4.47 Å². The minimum atomic E-state index is 0.537. The second-order valence-corrected chi connectivity index (χ2v) is 5.96. The maximum atomic E-state index is 4.26. The summed E-state index contributed by atoms with van der Waals surface area (Å²) in [6.45, 7) is 0. The van der Waals surface area contributed by atoms with E-state index in [0.29, 0.717) is 11.3 Å². The third-order valence-electron chi connectivity index (χ3n) is 3.00. The second-order valence-electron chi connectivity index (χ2n) is 4.03. The Labute approximate surface area is 109 Å². The Hall–Kier alpha value is -0.290. The van der Waals surface area contributed by atoms with Gasteiger partial charge in [-0.3, -0.25) is 0 Å². The van der Waals surface area contributed by atoms with Gasteiger partial charge in [0, 0.05) is 17.5 Å². The van der Waals surface area contributed by atoms with E-state index in [9.17, 15) is 0 Å². The molecule has 1 aliphatic rings. The standard InChI is InChI=1S/C11H16BrN3S/c1-16-10-5-3-2-4-9(10)15-11-8(12)6-13-7-14-11/h6-7,9-10H,2-5H2,1H3,(H,13,14,15). The van der Waals surface area contributed by atoms with E-state index >= 15 is 0 Å². The number of hydrogen-bond acceptors (Lipinski definition) is 4. The van der Waals surface area contributed by atoms with Crippen LogP contribution in [-0.2, 0) is 0 Å². The van der Waals surface area contributed by atoms with Crippen LogP contribution in [0.5, 0.6) is 0 Å². The van der Waals surface area contributed by atoms with Crippen LogP contribution in [-0.4, -0.2) is 27.5 Å². The van der Waals surface area contributed by atoms with E-state index in [1.165, 1.54) is 25.7 Å². The molecule has 0 aromatic carbocycles. The molecular formula is C11H16BrN3S. The number of nitrogens with one attached hydrogen (secondary N) is 1. The molecule has 2 atom stereocenters. The maximum Gasteiger partial charge on any atom is 0.143 e. The number of rotatable bonds is 3. The summed E-state index contributed by atoms with van der Waals surface area (Å²) >= 11 is 5.43. The van der Waals surface area contributed by atoms with Gasteiger partial charge in [-0.05, 0) is 35.0 Å². The molecule has 1 saturated carbocycles. The number of hydrogen-bond donors (Lipinski definition) is 1. The van der Waals surface area contributed by atoms with E-state index in [2.05, 4.69) is 37.5 Å². The molecule has 1 aromatic heterocycles. The Kier molecular flexibility index (Phi) is 4.46. The van der Waals surface area contributed by atoms with E-state index in [0.717, 1.165) is 10.3 Å². The predicted molar refractivity (Wildman–Crippen MR) is 72.9 cm³/mol. The first-order chi connectivity index (χ1) is 7.81. The van der Waals surface area contributed by atoms with Crippen LogP contribution in [0.2, 0.25) is 0 Å². The van der Waals surface area contributed by atoms with Crippen LogP contribution in [0, 0.1) is 0 Å². The van der Waals surface area contributed by atoms with Crippen LogP contribution < -0.4 is 5.32 Å². The van der Waals surface area contributed by atoms with Crippen LogP contribution in [0.25, 0.3) is 0 Å². The van der Waals surface area contributed by atoms with Crippen molar-refractivity contribution in [3.05, 3.63) is 17.0 Å². The molecule has 88 valence electrons. The molecule has 0 saturated heterocycles. The first-order valence-corrected chi connectivity index (χ1v) is 7.64. The van der Waals surface area contributed by atoms with Crippen molar-refractivity contribution in [2.45, 2.75) is 37.0 Å². The molecule has 1 heterocycles. The molecule has 1 aromatic rings. The minimum Gasteiger partial charge on any atom is -0.365 e. The Morgan fingerprint density at radius 1 is 1.44 bits per heavy atom. The Morgan fingerprint density at radius 2 is 2.25 bits per heavy atom. The Balaban J connectivity index is 2.05. The van der Waals surface area contributed by atoms with Crippen LogP contribution in [0.4, 0.5) is 5.82 Å². The molecule has 0 aliphatic heterocycles. The van der Waals surface area contributed by atoms with E-state index in [1.807, 2.05) is 11.8 Å². The number of aromatic nitrogens is 2. The number of thioether (sulfide) groups is 1. The van der Waals surface area contributed by atoms with Gasteiger partial charge >= 0.3 is 0 Å². The van der Waals surface area contributed by atoms with Gasteiger partial charge in [-0.1, -0.05) is 12.8 Å². The fourth-order valence-corrected chi connectivity index (χ4v) is 3.41. The highest BCUT2D eigenvalue weighted by Gasteiger charge is 2.24. The van der Waals surface area contributed by atoms with Crippen molar-refractivity contribution in [2.24, 2.45) is 0 Å². The SMILES string of the molecule is CSC1CCCCC1Nc1ncncc1Br. The molecule has 2 rings (SSSR count). The van der Waals surface area contributed by atoms with Gasteiger partial charge in [-0.15, -0.1) is 0 Å². The lowest BCUT2D eigenvalue weighted by molar-refractivity contribution is 0.474.